The van der Waals surface area contributed by atoms with Crippen molar-refractivity contribution in [3.05, 3.63) is 84.6 Å². The van der Waals surface area contributed by atoms with E-state index >= 15 is 0 Å². The second-order valence-corrected chi connectivity index (χ2v) is 9.30. The molecule has 2 N–H and O–H groups in total. The second kappa shape index (κ2) is 8.51. The molecule has 172 valence electrons. The minimum Gasteiger partial charge on any atom is -0.393 e. The lowest BCUT2D eigenvalue weighted by Crippen LogP contribution is -2.16. The van der Waals surface area contributed by atoms with Crippen molar-refractivity contribution in [2.45, 2.75) is 5.03 Å². The lowest BCUT2D eigenvalue weighted by Gasteiger charge is -2.08. The zero-order valence-electron chi connectivity index (χ0n) is 18.4. The molecule has 0 aliphatic carbocycles. The summed E-state index contributed by atoms with van der Waals surface area (Å²) in [6.45, 7) is 0. The van der Waals surface area contributed by atoms with E-state index in [2.05, 4.69) is 26.5 Å². The third-order valence-corrected chi connectivity index (χ3v) is 7.06. The first-order chi connectivity index (χ1) is 17.0. The highest BCUT2D eigenvalue weighted by molar-refractivity contribution is 7.90. The van der Waals surface area contributed by atoms with Crippen LogP contribution in [0.25, 0.3) is 33.4 Å². The Labute approximate surface area is 200 Å². The maximum Gasteiger partial charge on any atom is 0.301 e. The quantitative estimate of drug-likeness (QED) is 0.354. The van der Waals surface area contributed by atoms with Gasteiger partial charge in [-0.15, -0.1) is 0 Å². The molecule has 0 amide bonds. The van der Waals surface area contributed by atoms with Gasteiger partial charge < -0.3 is 10.7 Å². The van der Waals surface area contributed by atoms with Crippen LogP contribution in [0.4, 0.5) is 0 Å². The van der Waals surface area contributed by atoms with E-state index in [0.717, 1.165) is 21.4 Å². The van der Waals surface area contributed by atoms with Crippen LogP contribution in [0.5, 0.6) is 0 Å². The molecule has 0 aliphatic rings. The summed E-state index contributed by atoms with van der Waals surface area (Å²) in [5.74, 6) is 0. The molecule has 4 heterocycles. The first-order valence-corrected chi connectivity index (χ1v) is 11.9. The fourth-order valence-corrected chi connectivity index (χ4v) is 5.08. The minimum atomic E-state index is -4.15. The number of hydrogen-bond donors (Lipinski definition) is 2. The lowest BCUT2D eigenvalue weighted by atomic mass is 10.1. The Hall–Kier alpha value is -4.82. The van der Waals surface area contributed by atoms with Crippen molar-refractivity contribution in [3.63, 3.8) is 0 Å². The summed E-state index contributed by atoms with van der Waals surface area (Å²) >= 11 is 0. The van der Waals surface area contributed by atoms with E-state index in [1.165, 1.54) is 16.8 Å². The maximum absolute atomic E-state index is 13.7. The standard InChI is InChI=1S/C24H18N8O2S/c1-27-11-20(10-26)19-8-22-21(28-12-19)13-30-32(22)35(33,34)24-14-29-23-7-6-18(15-31(23)24)17-4-2-16(9-25)3-5-17/h2-8,10-15,26-27H,1H3/b20-11+,26-10?. The molecule has 0 unspecified atom stereocenters. The summed E-state index contributed by atoms with van der Waals surface area (Å²) in [4.78, 5) is 8.57. The van der Waals surface area contributed by atoms with Gasteiger partial charge in [0, 0.05) is 43.0 Å². The number of hydrogen-bond acceptors (Lipinski definition) is 8. The fraction of sp³-hybridized carbons (Fsp3) is 0.0417. The number of pyridine rings is 2. The van der Waals surface area contributed by atoms with E-state index in [1.807, 2.05) is 6.07 Å². The van der Waals surface area contributed by atoms with Crippen LogP contribution in [0.2, 0.25) is 0 Å². The van der Waals surface area contributed by atoms with Crippen LogP contribution in [-0.4, -0.2) is 45.2 Å². The van der Waals surface area contributed by atoms with Crippen LogP contribution in [0, 0.1) is 16.7 Å². The number of benzene rings is 1. The van der Waals surface area contributed by atoms with Gasteiger partial charge in [0.05, 0.1) is 24.0 Å². The summed E-state index contributed by atoms with van der Waals surface area (Å²) in [5, 5.41) is 23.6. The molecular formula is C24H18N8O2S. The summed E-state index contributed by atoms with van der Waals surface area (Å²) in [6, 6.07) is 14.3. The topological polar surface area (TPSA) is 142 Å². The van der Waals surface area contributed by atoms with Crippen molar-refractivity contribution >= 4 is 38.5 Å². The molecular weight excluding hydrogens is 464 g/mol. The number of rotatable bonds is 6. The summed E-state index contributed by atoms with van der Waals surface area (Å²) in [5.41, 5.74) is 4.38. The third kappa shape index (κ3) is 3.71. The summed E-state index contributed by atoms with van der Waals surface area (Å²) < 4.78 is 29.8. The monoisotopic (exact) mass is 482 g/mol. The summed E-state index contributed by atoms with van der Waals surface area (Å²) in [7, 11) is -2.44. The maximum atomic E-state index is 13.7. The van der Waals surface area contributed by atoms with Gasteiger partial charge in [0.1, 0.15) is 16.7 Å². The third-order valence-electron chi connectivity index (χ3n) is 5.49. The van der Waals surface area contributed by atoms with Crippen molar-refractivity contribution in [2.24, 2.45) is 0 Å². The number of allylic oxidation sites excluding steroid dienone is 1. The molecule has 0 bridgehead atoms. The Morgan fingerprint density at radius 3 is 2.57 bits per heavy atom. The number of nitrogens with one attached hydrogen (secondary N) is 2. The molecule has 0 radical (unpaired) electrons. The molecule has 11 heteroatoms. The molecule has 5 rings (SSSR count). The lowest BCUT2D eigenvalue weighted by molar-refractivity contribution is 0.577. The van der Waals surface area contributed by atoms with Crippen molar-refractivity contribution in [1.82, 2.24) is 28.9 Å². The molecule has 0 atom stereocenters. The predicted molar refractivity (Wildman–Crippen MR) is 131 cm³/mol. The average molecular weight is 483 g/mol. The zero-order chi connectivity index (χ0) is 24.6. The van der Waals surface area contributed by atoms with E-state index in [0.29, 0.717) is 27.9 Å². The molecule has 0 saturated carbocycles. The highest BCUT2D eigenvalue weighted by Crippen LogP contribution is 2.25. The Balaban J connectivity index is 1.64. The second-order valence-electron chi connectivity index (χ2n) is 7.59. The molecule has 5 aromatic rings. The van der Waals surface area contributed by atoms with Gasteiger partial charge in [-0.2, -0.15) is 22.9 Å². The molecule has 4 aromatic heterocycles. The van der Waals surface area contributed by atoms with Crippen LogP contribution < -0.4 is 5.32 Å². The Morgan fingerprint density at radius 1 is 1.09 bits per heavy atom. The largest absolute Gasteiger partial charge is 0.393 e. The molecule has 1 aromatic carbocycles. The van der Waals surface area contributed by atoms with Gasteiger partial charge in [-0.3, -0.25) is 9.38 Å². The van der Waals surface area contributed by atoms with Gasteiger partial charge in [-0.1, -0.05) is 12.1 Å². The van der Waals surface area contributed by atoms with E-state index in [4.69, 9.17) is 10.7 Å². The van der Waals surface area contributed by atoms with Gasteiger partial charge >= 0.3 is 10.0 Å². The van der Waals surface area contributed by atoms with E-state index in [9.17, 15) is 8.42 Å². The van der Waals surface area contributed by atoms with Crippen molar-refractivity contribution in [2.75, 3.05) is 7.05 Å². The van der Waals surface area contributed by atoms with Gasteiger partial charge in [0.15, 0.2) is 5.03 Å². The van der Waals surface area contributed by atoms with Crippen LogP contribution in [0.15, 0.2) is 78.5 Å². The first-order valence-electron chi connectivity index (χ1n) is 10.4. The minimum absolute atomic E-state index is 0.0588. The smallest absolute Gasteiger partial charge is 0.301 e. The van der Waals surface area contributed by atoms with Gasteiger partial charge in [-0.25, -0.2) is 4.98 Å². The highest BCUT2D eigenvalue weighted by atomic mass is 32.2. The fourth-order valence-electron chi connectivity index (χ4n) is 3.74. The van der Waals surface area contributed by atoms with Crippen molar-refractivity contribution < 1.29 is 8.42 Å². The molecule has 0 spiro atoms. The molecule has 10 nitrogen and oxygen atoms in total. The van der Waals surface area contributed by atoms with Crippen molar-refractivity contribution in [3.8, 4) is 17.2 Å². The SMILES string of the molecule is CN/C=C(\C=N)c1cnc2cnn(S(=O)(=O)c3cnc4ccc(-c5ccc(C#N)cc5)cn34)c2c1. The van der Waals surface area contributed by atoms with E-state index in [1.54, 1.807) is 62.0 Å². The molecule has 0 aliphatic heterocycles. The number of imidazole rings is 1. The number of fused-ring (bicyclic) bond motifs is 2. The van der Waals surface area contributed by atoms with Crippen molar-refractivity contribution in [1.29, 1.82) is 10.7 Å². The predicted octanol–water partition coefficient (Wildman–Crippen LogP) is 3.06. The number of nitrogens with zero attached hydrogens (tertiary/aromatic N) is 6. The van der Waals surface area contributed by atoms with Gasteiger partial charge in [-0.05, 0) is 41.5 Å². The normalized spacial score (nSPS) is 12.1. The average Bonchev–Trinajstić information content (AvgIpc) is 3.51. The van der Waals surface area contributed by atoms with Gasteiger partial charge in [0.2, 0.25) is 0 Å². The molecule has 0 saturated heterocycles. The van der Waals surface area contributed by atoms with Crippen LogP contribution in [-0.2, 0) is 10.0 Å². The molecule has 35 heavy (non-hydrogen) atoms. The Morgan fingerprint density at radius 2 is 1.86 bits per heavy atom. The van der Waals surface area contributed by atoms with Crippen LogP contribution in [0.1, 0.15) is 11.1 Å². The van der Waals surface area contributed by atoms with Gasteiger partial charge in [0.25, 0.3) is 0 Å². The zero-order valence-corrected chi connectivity index (χ0v) is 19.2. The van der Waals surface area contributed by atoms with Crippen LogP contribution in [0.3, 0.4) is 0 Å². The highest BCUT2D eigenvalue weighted by Gasteiger charge is 2.25. The van der Waals surface area contributed by atoms with E-state index < -0.39 is 10.0 Å². The summed E-state index contributed by atoms with van der Waals surface area (Å²) in [6.07, 6.45) is 8.71. The van der Waals surface area contributed by atoms with Crippen LogP contribution >= 0.6 is 0 Å². The first kappa shape index (κ1) is 22.0. The number of aromatic nitrogens is 5. The number of nitriles is 1. The molecule has 0 fully saturated rings. The Kier molecular flexibility index (Phi) is 5.35. The van der Waals surface area contributed by atoms with E-state index in [-0.39, 0.29) is 10.5 Å². The Bertz CT molecular complexity index is 1770.